The van der Waals surface area contributed by atoms with Gasteiger partial charge in [0.05, 0.1) is 5.92 Å². The van der Waals surface area contributed by atoms with Crippen LogP contribution in [0, 0.1) is 0 Å². The first kappa shape index (κ1) is 14.3. The molecule has 1 amide bonds. The molecule has 3 heterocycles. The number of hydrogen-bond donors (Lipinski definition) is 0. The molecule has 3 rings (SSSR count). The van der Waals surface area contributed by atoms with E-state index in [1.54, 1.807) is 11.3 Å². The standard InChI is InChI=1S/C15H19N3O2S/c1-2-4-13(19)18-7-3-5-11(9-18)15-16-14(17-20-15)12-6-8-21-10-12/h6,8,10-11H,2-5,7,9H2,1H3/t11-/m1/s1. The van der Waals surface area contributed by atoms with Crippen molar-refractivity contribution < 1.29 is 9.32 Å². The average Bonchev–Trinajstić information content (AvgIpc) is 3.18. The highest BCUT2D eigenvalue weighted by Gasteiger charge is 2.28. The highest BCUT2D eigenvalue weighted by Crippen LogP contribution is 2.28. The number of carbonyl (C=O) groups is 1. The fraction of sp³-hybridized carbons (Fsp3) is 0.533. The van der Waals surface area contributed by atoms with Gasteiger partial charge in [-0.15, -0.1) is 0 Å². The van der Waals surface area contributed by atoms with Gasteiger partial charge in [-0.25, -0.2) is 0 Å². The van der Waals surface area contributed by atoms with Crippen molar-refractivity contribution in [1.82, 2.24) is 15.0 Å². The van der Waals surface area contributed by atoms with Gasteiger partial charge in [0.1, 0.15) is 0 Å². The van der Waals surface area contributed by atoms with Crippen LogP contribution in [0.1, 0.15) is 44.4 Å². The van der Waals surface area contributed by atoms with Crippen LogP contribution >= 0.6 is 11.3 Å². The summed E-state index contributed by atoms with van der Waals surface area (Å²) in [6.07, 6.45) is 3.51. The van der Waals surface area contributed by atoms with Crippen molar-refractivity contribution in [3.05, 3.63) is 22.7 Å². The monoisotopic (exact) mass is 305 g/mol. The summed E-state index contributed by atoms with van der Waals surface area (Å²) in [5.74, 6) is 1.70. The molecule has 1 fully saturated rings. The summed E-state index contributed by atoms with van der Waals surface area (Å²) < 4.78 is 5.42. The fourth-order valence-electron chi connectivity index (χ4n) is 2.69. The Kier molecular flexibility index (Phi) is 4.34. The average molecular weight is 305 g/mol. The van der Waals surface area contributed by atoms with Gasteiger partial charge in [-0.2, -0.15) is 16.3 Å². The molecule has 0 unspecified atom stereocenters. The van der Waals surface area contributed by atoms with Gasteiger partial charge in [0.15, 0.2) is 0 Å². The molecule has 0 saturated carbocycles. The van der Waals surface area contributed by atoms with Crippen LogP contribution in [0.15, 0.2) is 21.3 Å². The second kappa shape index (κ2) is 6.39. The number of nitrogens with zero attached hydrogens (tertiary/aromatic N) is 3. The zero-order chi connectivity index (χ0) is 14.7. The predicted molar refractivity (Wildman–Crippen MR) is 81.1 cm³/mol. The summed E-state index contributed by atoms with van der Waals surface area (Å²) in [5.41, 5.74) is 0.990. The van der Waals surface area contributed by atoms with Gasteiger partial charge >= 0.3 is 0 Å². The molecule has 0 aromatic carbocycles. The minimum Gasteiger partial charge on any atom is -0.342 e. The van der Waals surface area contributed by atoms with E-state index in [0.717, 1.165) is 31.4 Å². The molecule has 112 valence electrons. The molecule has 1 atom stereocenters. The van der Waals surface area contributed by atoms with E-state index in [4.69, 9.17) is 4.52 Å². The number of hydrogen-bond acceptors (Lipinski definition) is 5. The second-order valence-electron chi connectivity index (χ2n) is 5.40. The second-order valence-corrected chi connectivity index (χ2v) is 6.18. The van der Waals surface area contributed by atoms with Crippen LogP contribution in [-0.4, -0.2) is 34.0 Å². The fourth-order valence-corrected chi connectivity index (χ4v) is 3.32. The number of aromatic nitrogens is 2. The maximum Gasteiger partial charge on any atom is 0.231 e. The molecular weight excluding hydrogens is 286 g/mol. The Labute approximate surface area is 128 Å². The van der Waals surface area contributed by atoms with E-state index in [2.05, 4.69) is 10.1 Å². The Bertz CT molecular complexity index is 594. The third kappa shape index (κ3) is 3.15. The third-order valence-electron chi connectivity index (χ3n) is 3.81. The lowest BCUT2D eigenvalue weighted by Gasteiger charge is -2.31. The molecule has 0 N–H and O–H groups in total. The lowest BCUT2D eigenvalue weighted by molar-refractivity contribution is -0.132. The topological polar surface area (TPSA) is 59.2 Å². The molecule has 1 aliphatic heterocycles. The van der Waals surface area contributed by atoms with E-state index in [1.807, 2.05) is 28.7 Å². The lowest BCUT2D eigenvalue weighted by Crippen LogP contribution is -2.39. The highest BCUT2D eigenvalue weighted by atomic mass is 32.1. The van der Waals surface area contributed by atoms with Crippen molar-refractivity contribution in [3.63, 3.8) is 0 Å². The van der Waals surface area contributed by atoms with Gasteiger partial charge in [0.25, 0.3) is 0 Å². The van der Waals surface area contributed by atoms with Crippen molar-refractivity contribution >= 4 is 17.2 Å². The molecular formula is C15H19N3O2S. The van der Waals surface area contributed by atoms with E-state index in [9.17, 15) is 4.79 Å². The first-order valence-corrected chi connectivity index (χ1v) is 8.36. The van der Waals surface area contributed by atoms with Crippen LogP contribution in [0.3, 0.4) is 0 Å². The number of amides is 1. The predicted octanol–water partition coefficient (Wildman–Crippen LogP) is 3.30. The minimum absolute atomic E-state index is 0.166. The number of likely N-dealkylation sites (tertiary alicyclic amines) is 1. The summed E-state index contributed by atoms with van der Waals surface area (Å²) in [7, 11) is 0. The Morgan fingerprint density at radius 1 is 1.57 bits per heavy atom. The lowest BCUT2D eigenvalue weighted by atomic mass is 9.97. The SMILES string of the molecule is CCCC(=O)N1CCC[C@@H](c2nc(-c3ccsc3)no2)C1. The van der Waals surface area contributed by atoms with E-state index in [-0.39, 0.29) is 11.8 Å². The normalized spacial score (nSPS) is 18.9. The molecule has 2 aromatic heterocycles. The van der Waals surface area contributed by atoms with Crippen LogP contribution in [0.5, 0.6) is 0 Å². The van der Waals surface area contributed by atoms with Crippen molar-refractivity contribution in [2.24, 2.45) is 0 Å². The first-order valence-electron chi connectivity index (χ1n) is 7.42. The molecule has 0 aliphatic carbocycles. The van der Waals surface area contributed by atoms with Crippen LogP contribution in [0.4, 0.5) is 0 Å². The summed E-state index contributed by atoms with van der Waals surface area (Å²) >= 11 is 1.61. The summed E-state index contributed by atoms with van der Waals surface area (Å²) in [5, 5.41) is 8.06. The van der Waals surface area contributed by atoms with Crippen molar-refractivity contribution in [2.45, 2.75) is 38.5 Å². The highest BCUT2D eigenvalue weighted by molar-refractivity contribution is 7.08. The van der Waals surface area contributed by atoms with Crippen molar-refractivity contribution in [1.29, 1.82) is 0 Å². The molecule has 21 heavy (non-hydrogen) atoms. The van der Waals surface area contributed by atoms with Crippen molar-refractivity contribution in [3.8, 4) is 11.4 Å². The zero-order valence-corrected chi connectivity index (χ0v) is 12.9. The van der Waals surface area contributed by atoms with Crippen molar-refractivity contribution in [2.75, 3.05) is 13.1 Å². The third-order valence-corrected chi connectivity index (χ3v) is 4.49. The van der Waals surface area contributed by atoms with Crippen LogP contribution in [0.25, 0.3) is 11.4 Å². The maximum absolute atomic E-state index is 12.0. The molecule has 2 aromatic rings. The molecule has 1 saturated heterocycles. The number of carbonyl (C=O) groups excluding carboxylic acids is 1. The Morgan fingerprint density at radius 2 is 2.48 bits per heavy atom. The quantitative estimate of drug-likeness (QED) is 0.869. The van der Waals surface area contributed by atoms with E-state index < -0.39 is 0 Å². The van der Waals surface area contributed by atoms with E-state index >= 15 is 0 Å². The number of piperidine rings is 1. The van der Waals surface area contributed by atoms with E-state index in [0.29, 0.717) is 24.7 Å². The Hall–Kier alpha value is -1.69. The zero-order valence-electron chi connectivity index (χ0n) is 12.1. The molecule has 6 heteroatoms. The Balaban J connectivity index is 1.70. The molecule has 0 spiro atoms. The molecule has 1 aliphatic rings. The summed E-state index contributed by atoms with van der Waals surface area (Å²) in [4.78, 5) is 18.5. The van der Waals surface area contributed by atoms with Gasteiger partial charge in [-0.1, -0.05) is 12.1 Å². The van der Waals surface area contributed by atoms with Crippen LogP contribution < -0.4 is 0 Å². The van der Waals surface area contributed by atoms with Gasteiger partial charge in [-0.3, -0.25) is 4.79 Å². The number of thiophene rings is 1. The minimum atomic E-state index is 0.166. The Morgan fingerprint density at radius 3 is 3.24 bits per heavy atom. The van der Waals surface area contributed by atoms with Crippen LogP contribution in [0.2, 0.25) is 0 Å². The molecule has 5 nitrogen and oxygen atoms in total. The van der Waals surface area contributed by atoms with Gasteiger partial charge < -0.3 is 9.42 Å². The van der Waals surface area contributed by atoms with Gasteiger partial charge in [0.2, 0.25) is 17.6 Å². The maximum atomic E-state index is 12.0. The molecule has 0 bridgehead atoms. The number of rotatable bonds is 4. The largest absolute Gasteiger partial charge is 0.342 e. The smallest absolute Gasteiger partial charge is 0.231 e. The van der Waals surface area contributed by atoms with Crippen LogP contribution in [-0.2, 0) is 4.79 Å². The first-order chi connectivity index (χ1) is 10.3. The summed E-state index contributed by atoms with van der Waals surface area (Å²) in [6, 6.07) is 1.98. The van der Waals surface area contributed by atoms with E-state index in [1.165, 1.54) is 0 Å². The molecule has 0 radical (unpaired) electrons. The van der Waals surface area contributed by atoms with Gasteiger partial charge in [0, 0.05) is 30.5 Å². The summed E-state index contributed by atoms with van der Waals surface area (Å²) in [6.45, 7) is 3.58. The van der Waals surface area contributed by atoms with Gasteiger partial charge in [-0.05, 0) is 30.7 Å².